The highest BCUT2D eigenvalue weighted by molar-refractivity contribution is 5.77. The van der Waals surface area contributed by atoms with Gasteiger partial charge in [-0.1, -0.05) is 24.3 Å². The minimum Gasteiger partial charge on any atom is -0.467 e. The summed E-state index contributed by atoms with van der Waals surface area (Å²) in [6, 6.07) is 11.8. The van der Waals surface area contributed by atoms with E-state index in [1.165, 1.54) is 16.8 Å². The Morgan fingerprint density at radius 3 is 2.76 bits per heavy atom. The maximum atomic E-state index is 11.8. The number of nitrogens with one attached hydrogen (secondary N) is 1. The van der Waals surface area contributed by atoms with Gasteiger partial charge in [0, 0.05) is 18.7 Å². The van der Waals surface area contributed by atoms with Crippen molar-refractivity contribution >= 4 is 5.91 Å². The Labute approximate surface area is 121 Å². The van der Waals surface area contributed by atoms with Gasteiger partial charge in [-0.15, -0.1) is 11.7 Å². The lowest BCUT2D eigenvalue weighted by Crippen LogP contribution is -2.29. The zero-order valence-electron chi connectivity index (χ0n) is 11.4. The molecule has 0 saturated heterocycles. The third kappa shape index (κ3) is 4.04. The molecule has 2 rings (SSSR count). The summed E-state index contributed by atoms with van der Waals surface area (Å²) >= 11 is 0. The number of nitrogens with zero attached hydrogens (tertiary/aromatic N) is 2. The van der Waals surface area contributed by atoms with Crippen molar-refractivity contribution in [2.45, 2.75) is 0 Å². The molecular weight excluding hydrogens is 270 g/mol. The van der Waals surface area contributed by atoms with Crippen LogP contribution in [0, 0.1) is 0 Å². The molecule has 0 saturated carbocycles. The topological polar surface area (TPSA) is 73.2 Å². The van der Waals surface area contributed by atoms with Gasteiger partial charge in [0.2, 0.25) is 5.88 Å². The lowest BCUT2D eigenvalue weighted by atomic mass is 10.3. The Bertz CT molecular complexity index is 680. The normalized spacial score (nSPS) is 9.90. The van der Waals surface area contributed by atoms with Gasteiger partial charge in [0.15, 0.2) is 6.61 Å². The number of hydrogen-bond acceptors (Lipinski definition) is 4. The van der Waals surface area contributed by atoms with Gasteiger partial charge in [-0.2, -0.15) is 4.68 Å². The highest BCUT2D eigenvalue weighted by Crippen LogP contribution is 2.06. The van der Waals surface area contributed by atoms with Crippen LogP contribution in [-0.2, 0) is 4.79 Å². The smallest absolute Gasteiger partial charge is 0.271 e. The predicted octanol–water partition coefficient (Wildman–Crippen LogP) is 0.913. The molecule has 6 heteroatoms. The largest absolute Gasteiger partial charge is 0.467 e. The van der Waals surface area contributed by atoms with Crippen molar-refractivity contribution in [2.75, 3.05) is 13.2 Å². The first-order valence-electron chi connectivity index (χ1n) is 6.37. The monoisotopic (exact) mass is 285 g/mol. The van der Waals surface area contributed by atoms with E-state index >= 15 is 0 Å². The van der Waals surface area contributed by atoms with Crippen LogP contribution in [-0.4, -0.2) is 28.8 Å². The summed E-state index contributed by atoms with van der Waals surface area (Å²) < 4.78 is 6.48. The molecule has 0 spiro atoms. The fraction of sp³-hybridized carbons (Fsp3) is 0.133. The summed E-state index contributed by atoms with van der Waals surface area (Å²) in [6.45, 7) is 3.70. The van der Waals surface area contributed by atoms with E-state index in [1.54, 1.807) is 30.3 Å². The van der Waals surface area contributed by atoms with E-state index in [4.69, 9.17) is 4.74 Å². The molecule has 0 atom stereocenters. The number of aromatic nitrogens is 2. The van der Waals surface area contributed by atoms with E-state index in [0.717, 1.165) is 0 Å². The molecule has 0 aliphatic rings. The molecule has 0 radical (unpaired) electrons. The fourth-order valence-electron chi connectivity index (χ4n) is 1.60. The summed E-state index contributed by atoms with van der Waals surface area (Å²) in [5, 5.41) is 6.66. The highest BCUT2D eigenvalue weighted by atomic mass is 16.5. The first kappa shape index (κ1) is 14.5. The molecule has 1 aromatic heterocycles. The molecular formula is C15H15N3O3. The average Bonchev–Trinajstić information content (AvgIpc) is 2.53. The van der Waals surface area contributed by atoms with Gasteiger partial charge in [-0.25, -0.2) is 0 Å². The van der Waals surface area contributed by atoms with Crippen LogP contribution in [0.1, 0.15) is 0 Å². The molecule has 0 unspecified atom stereocenters. The van der Waals surface area contributed by atoms with Crippen LogP contribution in [0.4, 0.5) is 0 Å². The minimum atomic E-state index is -0.283. The number of amides is 1. The number of carbonyl (C=O) groups is 1. The maximum absolute atomic E-state index is 11.8. The van der Waals surface area contributed by atoms with Gasteiger partial charge in [-0.05, 0) is 12.1 Å². The number of hydrogen-bond donors (Lipinski definition) is 1. The minimum absolute atomic E-state index is 0.173. The lowest BCUT2D eigenvalue weighted by Gasteiger charge is -2.08. The number of ether oxygens (including phenoxy) is 1. The van der Waals surface area contributed by atoms with Crippen molar-refractivity contribution < 1.29 is 9.53 Å². The van der Waals surface area contributed by atoms with Gasteiger partial charge < -0.3 is 10.1 Å². The molecule has 1 heterocycles. The Morgan fingerprint density at radius 2 is 2.05 bits per heavy atom. The van der Waals surface area contributed by atoms with E-state index in [-0.39, 0.29) is 24.0 Å². The maximum Gasteiger partial charge on any atom is 0.271 e. The van der Waals surface area contributed by atoms with E-state index in [0.29, 0.717) is 12.2 Å². The van der Waals surface area contributed by atoms with Gasteiger partial charge >= 0.3 is 0 Å². The quantitative estimate of drug-likeness (QED) is 0.801. The first-order valence-corrected chi connectivity index (χ1v) is 6.37. The molecule has 0 bridgehead atoms. The molecule has 1 N–H and O–H groups in total. The van der Waals surface area contributed by atoms with Gasteiger partial charge in [-0.3, -0.25) is 9.59 Å². The summed E-state index contributed by atoms with van der Waals surface area (Å²) in [4.78, 5) is 23.2. The molecule has 0 aliphatic carbocycles. The zero-order chi connectivity index (χ0) is 15.1. The second-order valence-electron chi connectivity index (χ2n) is 4.14. The standard InChI is InChI=1S/C15H15N3O3/c1-2-10-16-13(19)11-21-14-8-9-15(20)18(17-14)12-6-4-3-5-7-12/h2-9H,1,10-11H2,(H,16,19). The van der Waals surface area contributed by atoms with Gasteiger partial charge in [0.05, 0.1) is 5.69 Å². The molecule has 0 fully saturated rings. The molecule has 1 aromatic carbocycles. The first-order chi connectivity index (χ1) is 10.2. The SMILES string of the molecule is C=CCNC(=O)COc1ccc(=O)n(-c2ccccc2)n1. The Balaban J connectivity index is 2.11. The van der Waals surface area contributed by atoms with E-state index in [9.17, 15) is 9.59 Å². The third-order valence-electron chi connectivity index (χ3n) is 2.57. The van der Waals surface area contributed by atoms with Gasteiger partial charge in [0.25, 0.3) is 11.5 Å². The summed E-state index contributed by atoms with van der Waals surface area (Å²) in [5.41, 5.74) is 0.355. The number of para-hydroxylation sites is 1. The molecule has 1 amide bonds. The van der Waals surface area contributed by atoms with E-state index in [1.807, 2.05) is 6.07 Å². The highest BCUT2D eigenvalue weighted by Gasteiger charge is 2.06. The number of carbonyl (C=O) groups excluding carboxylic acids is 1. The van der Waals surface area contributed by atoms with Crippen molar-refractivity contribution in [1.82, 2.24) is 15.1 Å². The molecule has 21 heavy (non-hydrogen) atoms. The fourth-order valence-corrected chi connectivity index (χ4v) is 1.60. The molecule has 2 aromatic rings. The van der Waals surface area contributed by atoms with Crippen LogP contribution < -0.4 is 15.6 Å². The van der Waals surface area contributed by atoms with Crippen molar-refractivity contribution in [3.8, 4) is 11.6 Å². The van der Waals surface area contributed by atoms with Crippen LogP contribution in [0.3, 0.4) is 0 Å². The predicted molar refractivity (Wildman–Crippen MR) is 78.5 cm³/mol. The Morgan fingerprint density at radius 1 is 1.29 bits per heavy atom. The third-order valence-corrected chi connectivity index (χ3v) is 2.57. The van der Waals surface area contributed by atoms with Crippen molar-refractivity contribution in [2.24, 2.45) is 0 Å². The zero-order valence-corrected chi connectivity index (χ0v) is 11.4. The van der Waals surface area contributed by atoms with E-state index in [2.05, 4.69) is 17.0 Å². The Hall–Kier alpha value is -2.89. The lowest BCUT2D eigenvalue weighted by molar-refractivity contribution is -0.122. The van der Waals surface area contributed by atoms with Crippen LogP contribution in [0.2, 0.25) is 0 Å². The average molecular weight is 285 g/mol. The van der Waals surface area contributed by atoms with Crippen molar-refractivity contribution in [3.63, 3.8) is 0 Å². The summed E-state index contributed by atoms with van der Waals surface area (Å²) in [5.74, 6) is -0.0821. The van der Waals surface area contributed by atoms with Gasteiger partial charge in [0.1, 0.15) is 0 Å². The Kier molecular flexibility index (Phi) is 4.87. The van der Waals surface area contributed by atoms with Crippen molar-refractivity contribution in [3.05, 3.63) is 65.5 Å². The number of rotatable bonds is 6. The van der Waals surface area contributed by atoms with Crippen LogP contribution >= 0.6 is 0 Å². The van der Waals surface area contributed by atoms with E-state index < -0.39 is 0 Å². The second-order valence-corrected chi connectivity index (χ2v) is 4.14. The second kappa shape index (κ2) is 7.04. The summed E-state index contributed by atoms with van der Waals surface area (Å²) in [6.07, 6.45) is 1.58. The summed E-state index contributed by atoms with van der Waals surface area (Å²) in [7, 11) is 0. The van der Waals surface area contributed by atoms with Crippen LogP contribution in [0.5, 0.6) is 5.88 Å². The molecule has 108 valence electrons. The molecule has 0 aliphatic heterocycles. The van der Waals surface area contributed by atoms with Crippen LogP contribution in [0.25, 0.3) is 5.69 Å². The van der Waals surface area contributed by atoms with Crippen molar-refractivity contribution in [1.29, 1.82) is 0 Å². The molecule has 6 nitrogen and oxygen atoms in total. The van der Waals surface area contributed by atoms with Crippen LogP contribution in [0.15, 0.2) is 59.9 Å². The number of benzene rings is 1.